The first kappa shape index (κ1) is 13.2. The molecule has 84 valence electrons. The molecule has 0 aliphatic heterocycles. The fraction of sp³-hybridized carbons (Fsp3) is 0.857. The molecule has 0 saturated heterocycles. The lowest BCUT2D eigenvalue weighted by molar-refractivity contribution is -0.157. The molecule has 0 unspecified atom stereocenters. The number of carbonyl (C=O) groups is 1. The van der Waals surface area contributed by atoms with Crippen molar-refractivity contribution in [3.8, 4) is 0 Å². The van der Waals surface area contributed by atoms with E-state index in [-0.39, 0.29) is 12.8 Å². The van der Waals surface area contributed by atoms with E-state index in [1.54, 1.807) is 0 Å². The molecule has 0 fully saturated rings. The van der Waals surface area contributed by atoms with Crippen LogP contribution in [0.2, 0.25) is 0 Å². The largest absolute Gasteiger partial charge is 0.480 e. The summed E-state index contributed by atoms with van der Waals surface area (Å²) in [6.07, 6.45) is -4.92. The molecule has 0 amide bonds. The first-order valence-corrected chi connectivity index (χ1v) is 4.01. The fourth-order valence-corrected chi connectivity index (χ4v) is 0.941. The van der Waals surface area contributed by atoms with Gasteiger partial charge in [-0.25, -0.2) is 0 Å². The molecule has 0 saturated carbocycles. The van der Waals surface area contributed by atoms with Crippen molar-refractivity contribution >= 4 is 5.97 Å². The van der Waals surface area contributed by atoms with Gasteiger partial charge in [0.05, 0.1) is 0 Å². The smallest absolute Gasteiger partial charge is 0.403 e. The topological polar surface area (TPSA) is 75.3 Å². The van der Waals surface area contributed by atoms with Gasteiger partial charge in [-0.2, -0.15) is 13.2 Å². The molecule has 0 heterocycles. The van der Waals surface area contributed by atoms with Crippen LogP contribution in [-0.2, 0) is 4.79 Å². The van der Waals surface area contributed by atoms with Crippen LogP contribution >= 0.6 is 0 Å². The van der Waals surface area contributed by atoms with Crippen molar-refractivity contribution in [3.63, 3.8) is 0 Å². The zero-order valence-corrected chi connectivity index (χ0v) is 7.64. The summed E-state index contributed by atoms with van der Waals surface area (Å²) >= 11 is 0. The van der Waals surface area contributed by atoms with Crippen molar-refractivity contribution in [2.75, 3.05) is 7.05 Å². The minimum Gasteiger partial charge on any atom is -0.480 e. The third-order valence-corrected chi connectivity index (χ3v) is 1.83. The summed E-state index contributed by atoms with van der Waals surface area (Å²) in [4.78, 5) is 10.2. The molecule has 0 aromatic rings. The summed E-state index contributed by atoms with van der Waals surface area (Å²) in [6, 6.07) is -2.94. The number of nitrogens with two attached hydrogens (primary N) is 1. The summed E-state index contributed by atoms with van der Waals surface area (Å²) in [5.41, 5.74) is 5.07. The van der Waals surface area contributed by atoms with Gasteiger partial charge in [0, 0.05) is 0 Å². The molecule has 0 aliphatic carbocycles. The Morgan fingerprint density at radius 2 is 2.00 bits per heavy atom. The zero-order valence-electron chi connectivity index (χ0n) is 7.64. The van der Waals surface area contributed by atoms with Gasteiger partial charge in [0.25, 0.3) is 0 Å². The Morgan fingerprint density at radius 1 is 1.50 bits per heavy atom. The maximum atomic E-state index is 12.1. The second-order valence-corrected chi connectivity index (χ2v) is 2.90. The Labute approximate surface area is 79.3 Å². The average molecular weight is 214 g/mol. The van der Waals surface area contributed by atoms with Crippen LogP contribution in [0.15, 0.2) is 0 Å². The van der Waals surface area contributed by atoms with E-state index >= 15 is 0 Å². The van der Waals surface area contributed by atoms with Crippen molar-refractivity contribution in [3.05, 3.63) is 0 Å². The maximum Gasteiger partial charge on any atom is 0.403 e. The summed E-state index contributed by atoms with van der Waals surface area (Å²) in [5, 5.41) is 10.4. The van der Waals surface area contributed by atoms with Crippen molar-refractivity contribution < 1.29 is 23.1 Å². The molecule has 0 rings (SSSR count). The predicted octanol–water partition coefficient (Wildman–Crippen LogP) is 0.329. The third kappa shape index (κ3) is 4.43. The Balaban J connectivity index is 4.03. The molecular formula is C7H13F3N2O2. The van der Waals surface area contributed by atoms with Crippen LogP contribution in [0.3, 0.4) is 0 Å². The van der Waals surface area contributed by atoms with E-state index in [1.807, 2.05) is 0 Å². The molecule has 0 aromatic carbocycles. The van der Waals surface area contributed by atoms with Crippen molar-refractivity contribution in [2.24, 2.45) is 5.73 Å². The zero-order chi connectivity index (χ0) is 11.4. The molecule has 0 spiro atoms. The molecular weight excluding hydrogens is 201 g/mol. The van der Waals surface area contributed by atoms with Crippen LogP contribution in [0.5, 0.6) is 0 Å². The Morgan fingerprint density at radius 3 is 2.29 bits per heavy atom. The molecule has 0 aromatic heterocycles. The maximum absolute atomic E-state index is 12.1. The number of carboxylic acid groups (broad SMARTS) is 1. The number of alkyl halides is 3. The number of carboxylic acids is 1. The van der Waals surface area contributed by atoms with E-state index in [9.17, 15) is 18.0 Å². The molecule has 4 N–H and O–H groups in total. The Hall–Kier alpha value is -0.820. The van der Waals surface area contributed by atoms with Gasteiger partial charge in [-0.3, -0.25) is 4.79 Å². The number of hydrogen-bond acceptors (Lipinski definition) is 3. The summed E-state index contributed by atoms with van der Waals surface area (Å²) in [7, 11) is 1.17. The Bertz CT molecular complexity index is 196. The van der Waals surface area contributed by atoms with E-state index in [0.29, 0.717) is 0 Å². The van der Waals surface area contributed by atoms with E-state index in [0.717, 1.165) is 0 Å². The molecule has 2 atom stereocenters. The van der Waals surface area contributed by atoms with Crippen molar-refractivity contribution in [2.45, 2.75) is 31.1 Å². The van der Waals surface area contributed by atoms with E-state index < -0.39 is 24.2 Å². The second kappa shape index (κ2) is 5.16. The SMILES string of the molecule is CN[C@H](CC[C@H](N)C(=O)O)C(F)(F)F. The highest BCUT2D eigenvalue weighted by atomic mass is 19.4. The van der Waals surface area contributed by atoms with Gasteiger partial charge >= 0.3 is 12.1 Å². The number of nitrogens with one attached hydrogen (secondary N) is 1. The molecule has 0 bridgehead atoms. The van der Waals surface area contributed by atoms with Crippen LogP contribution in [0.25, 0.3) is 0 Å². The first-order valence-electron chi connectivity index (χ1n) is 4.01. The predicted molar refractivity (Wildman–Crippen MR) is 43.7 cm³/mol. The second-order valence-electron chi connectivity index (χ2n) is 2.90. The van der Waals surface area contributed by atoms with Gasteiger partial charge in [-0.15, -0.1) is 0 Å². The van der Waals surface area contributed by atoms with Crippen LogP contribution < -0.4 is 11.1 Å². The van der Waals surface area contributed by atoms with Gasteiger partial charge in [0.1, 0.15) is 12.1 Å². The van der Waals surface area contributed by atoms with Gasteiger partial charge in [0.2, 0.25) is 0 Å². The lowest BCUT2D eigenvalue weighted by atomic mass is 10.1. The highest BCUT2D eigenvalue weighted by Gasteiger charge is 2.38. The van der Waals surface area contributed by atoms with Crippen molar-refractivity contribution in [1.29, 1.82) is 0 Å². The number of aliphatic carboxylic acids is 1. The van der Waals surface area contributed by atoms with E-state index in [4.69, 9.17) is 10.8 Å². The number of hydrogen-bond donors (Lipinski definition) is 3. The van der Waals surface area contributed by atoms with E-state index in [2.05, 4.69) is 5.32 Å². The van der Waals surface area contributed by atoms with Crippen LogP contribution in [-0.4, -0.2) is 36.4 Å². The molecule has 7 heteroatoms. The molecule has 14 heavy (non-hydrogen) atoms. The van der Waals surface area contributed by atoms with Crippen LogP contribution in [0.4, 0.5) is 13.2 Å². The van der Waals surface area contributed by atoms with Gasteiger partial charge in [-0.05, 0) is 19.9 Å². The van der Waals surface area contributed by atoms with Crippen LogP contribution in [0, 0.1) is 0 Å². The monoisotopic (exact) mass is 214 g/mol. The Kier molecular flexibility index (Phi) is 4.86. The quantitative estimate of drug-likeness (QED) is 0.616. The number of halogens is 3. The lowest BCUT2D eigenvalue weighted by Crippen LogP contribution is -2.42. The first-order chi connectivity index (χ1) is 6.29. The van der Waals surface area contributed by atoms with E-state index in [1.165, 1.54) is 7.05 Å². The highest BCUT2D eigenvalue weighted by molar-refractivity contribution is 5.72. The molecule has 4 nitrogen and oxygen atoms in total. The van der Waals surface area contributed by atoms with Gasteiger partial charge in [-0.1, -0.05) is 0 Å². The summed E-state index contributed by atoms with van der Waals surface area (Å²) in [5.74, 6) is -1.29. The normalized spacial score (nSPS) is 16.4. The van der Waals surface area contributed by atoms with Crippen molar-refractivity contribution in [1.82, 2.24) is 5.32 Å². The summed E-state index contributed by atoms with van der Waals surface area (Å²) < 4.78 is 36.4. The lowest BCUT2D eigenvalue weighted by Gasteiger charge is -2.20. The average Bonchev–Trinajstić information content (AvgIpc) is 2.02. The third-order valence-electron chi connectivity index (χ3n) is 1.83. The molecule has 0 radical (unpaired) electrons. The van der Waals surface area contributed by atoms with Gasteiger partial charge in [0.15, 0.2) is 0 Å². The summed E-state index contributed by atoms with van der Waals surface area (Å²) in [6.45, 7) is 0. The number of rotatable bonds is 5. The fourth-order valence-electron chi connectivity index (χ4n) is 0.941. The van der Waals surface area contributed by atoms with Gasteiger partial charge < -0.3 is 16.2 Å². The minimum atomic E-state index is -4.37. The standard InChI is InChI=1S/C7H13F3N2O2/c1-12-5(7(8,9)10)3-2-4(11)6(13)14/h4-5,12H,2-3,11H2,1H3,(H,13,14)/t4-,5+/m0/s1. The minimum absolute atomic E-state index is 0.208. The van der Waals surface area contributed by atoms with Crippen LogP contribution in [0.1, 0.15) is 12.8 Å². The highest BCUT2D eigenvalue weighted by Crippen LogP contribution is 2.23. The molecule has 0 aliphatic rings.